The Kier molecular flexibility index (Phi) is 12.0. The summed E-state index contributed by atoms with van der Waals surface area (Å²) in [6, 6.07) is 15.7. The minimum Gasteiger partial charge on any atom is -0.456 e. The Morgan fingerprint density at radius 3 is 2.24 bits per heavy atom. The Labute approximate surface area is 266 Å². The number of aromatic amines is 1. The zero-order chi connectivity index (χ0) is 33.2. The number of benzene rings is 2. The van der Waals surface area contributed by atoms with Crippen LogP contribution in [0.3, 0.4) is 0 Å². The maximum absolute atomic E-state index is 12.6. The normalized spacial score (nSPS) is 21.3. The predicted molar refractivity (Wildman–Crippen MR) is 165 cm³/mol. The van der Waals surface area contributed by atoms with Crippen molar-refractivity contribution in [2.75, 3.05) is 13.2 Å². The fraction of sp³-hybridized carbons (Fsp3) is 0.394. The minimum atomic E-state index is -1.38. The van der Waals surface area contributed by atoms with Crippen molar-refractivity contribution in [1.29, 1.82) is 0 Å². The van der Waals surface area contributed by atoms with Crippen molar-refractivity contribution in [1.82, 2.24) is 15.4 Å². The first kappa shape index (κ1) is 34.3. The smallest absolute Gasteiger partial charge is 0.303 e. The highest BCUT2D eigenvalue weighted by Crippen LogP contribution is 2.29. The summed E-state index contributed by atoms with van der Waals surface area (Å²) in [6.07, 6.45) is -1.07. The second-order valence-corrected chi connectivity index (χ2v) is 10.9. The van der Waals surface area contributed by atoms with Gasteiger partial charge in [-0.05, 0) is 35.8 Å². The monoisotopic (exact) mass is 637 g/mol. The van der Waals surface area contributed by atoms with Gasteiger partial charge in [0.2, 0.25) is 6.29 Å². The Morgan fingerprint density at radius 1 is 0.913 bits per heavy atom. The lowest BCUT2D eigenvalue weighted by Crippen LogP contribution is -2.62. The summed E-state index contributed by atoms with van der Waals surface area (Å²) < 4.78 is 21.6. The third-order valence-corrected chi connectivity index (χ3v) is 7.21. The standard InChI is InChI=1S/C33H39N3O10/c1-20-30(43-21(2)38)31(44-22(3)39)32(45-23(4)40)33(42-20)46-35-29(41)14-13-24-9-11-25(12-10-24)18-36(15-16-37)19-26-17-34-28-8-6-5-7-27(26)28/h5-14,17,20,30-34,37H,15-16,18-19H2,1-4H3,(H,35,41)/b14-13+/t20-,30+,31+,32-,33-/m0/s1. The maximum Gasteiger partial charge on any atom is 0.303 e. The number of nitrogens with one attached hydrogen (secondary N) is 2. The van der Waals surface area contributed by atoms with Crippen LogP contribution in [-0.4, -0.2) is 82.7 Å². The second-order valence-electron chi connectivity index (χ2n) is 10.9. The van der Waals surface area contributed by atoms with Crippen molar-refractivity contribution in [3.63, 3.8) is 0 Å². The molecule has 1 aromatic heterocycles. The van der Waals surface area contributed by atoms with Crippen LogP contribution in [0.1, 0.15) is 44.4 Å². The molecule has 0 saturated carbocycles. The van der Waals surface area contributed by atoms with Crippen molar-refractivity contribution in [2.45, 2.75) is 71.5 Å². The summed E-state index contributed by atoms with van der Waals surface area (Å²) >= 11 is 0. The van der Waals surface area contributed by atoms with Crippen molar-refractivity contribution >= 4 is 40.8 Å². The maximum atomic E-state index is 12.6. The second kappa shape index (κ2) is 16.1. The van der Waals surface area contributed by atoms with Crippen LogP contribution in [0.15, 0.2) is 60.8 Å². The summed E-state index contributed by atoms with van der Waals surface area (Å²) in [5.41, 5.74) is 6.24. The molecule has 0 bridgehead atoms. The SMILES string of the molecule is CC(=O)O[C@H]1[C@H](OC(C)=O)[C@H](ONC(=O)/C=C/c2ccc(CN(CCO)Cc3c[nH]c4ccccc34)cc2)O[C@@H](C)[C@H]1OC(C)=O. The van der Waals surface area contributed by atoms with Gasteiger partial charge in [0.15, 0.2) is 18.3 Å². The van der Waals surface area contributed by atoms with Crippen molar-refractivity contribution in [2.24, 2.45) is 0 Å². The molecule has 2 aromatic carbocycles. The van der Waals surface area contributed by atoms with Gasteiger partial charge in [0.25, 0.3) is 5.91 Å². The van der Waals surface area contributed by atoms with E-state index in [0.29, 0.717) is 19.6 Å². The third kappa shape index (κ3) is 9.47. The highest BCUT2D eigenvalue weighted by Gasteiger charge is 2.51. The van der Waals surface area contributed by atoms with Gasteiger partial charge in [-0.1, -0.05) is 42.5 Å². The van der Waals surface area contributed by atoms with Crippen LogP contribution < -0.4 is 5.48 Å². The molecule has 0 unspecified atom stereocenters. The first-order valence-electron chi connectivity index (χ1n) is 14.8. The first-order chi connectivity index (χ1) is 22.0. The van der Waals surface area contributed by atoms with Gasteiger partial charge in [0.05, 0.1) is 12.7 Å². The van der Waals surface area contributed by atoms with Crippen molar-refractivity contribution in [3.05, 3.63) is 77.5 Å². The van der Waals surface area contributed by atoms with Crippen LogP contribution in [0.25, 0.3) is 17.0 Å². The molecule has 13 nitrogen and oxygen atoms in total. The van der Waals surface area contributed by atoms with Crippen LogP contribution in [0.4, 0.5) is 0 Å². The number of hydrogen-bond acceptors (Lipinski definition) is 11. The molecule has 1 aliphatic heterocycles. The van der Waals surface area contributed by atoms with Crippen molar-refractivity contribution in [3.8, 4) is 0 Å². The number of H-pyrrole nitrogens is 1. The number of carbonyl (C=O) groups is 4. The van der Waals surface area contributed by atoms with Crippen LogP contribution in [-0.2, 0) is 56.1 Å². The minimum absolute atomic E-state index is 0.0317. The highest BCUT2D eigenvalue weighted by atomic mass is 16.8. The van der Waals surface area contributed by atoms with Crippen LogP contribution in [0.5, 0.6) is 0 Å². The number of rotatable bonds is 13. The summed E-state index contributed by atoms with van der Waals surface area (Å²) in [5, 5.41) is 10.8. The number of amides is 1. The number of carbonyl (C=O) groups excluding carboxylic acids is 4. The lowest BCUT2D eigenvalue weighted by Gasteiger charge is -2.42. The van der Waals surface area contributed by atoms with Gasteiger partial charge in [0.1, 0.15) is 0 Å². The largest absolute Gasteiger partial charge is 0.456 e. The number of fused-ring (bicyclic) bond motifs is 1. The number of para-hydroxylation sites is 1. The Balaban J connectivity index is 1.35. The number of nitrogens with zero attached hydrogens (tertiary/aromatic N) is 1. The number of hydroxylamine groups is 1. The van der Waals surface area contributed by atoms with E-state index in [0.717, 1.165) is 41.4 Å². The van der Waals surface area contributed by atoms with Gasteiger partial charge < -0.3 is 29.0 Å². The Hall–Kier alpha value is -4.56. The molecule has 1 aliphatic rings. The van der Waals surface area contributed by atoms with E-state index in [1.54, 1.807) is 13.0 Å². The molecule has 2 heterocycles. The number of hydrogen-bond donors (Lipinski definition) is 3. The molecular formula is C33H39N3O10. The number of ether oxygens (including phenoxy) is 4. The lowest BCUT2D eigenvalue weighted by atomic mass is 9.99. The molecule has 46 heavy (non-hydrogen) atoms. The molecular weight excluding hydrogens is 598 g/mol. The highest BCUT2D eigenvalue weighted by molar-refractivity contribution is 5.91. The van der Waals surface area contributed by atoms with E-state index in [4.69, 9.17) is 23.8 Å². The molecule has 0 aliphatic carbocycles. The molecule has 3 N–H and O–H groups in total. The van der Waals surface area contributed by atoms with Gasteiger partial charge in [0, 0.05) is 63.6 Å². The molecule has 0 radical (unpaired) electrons. The molecule has 0 spiro atoms. The van der Waals surface area contributed by atoms with E-state index in [1.165, 1.54) is 13.0 Å². The van der Waals surface area contributed by atoms with Gasteiger partial charge in [-0.3, -0.25) is 24.1 Å². The van der Waals surface area contributed by atoms with E-state index < -0.39 is 54.5 Å². The molecule has 1 saturated heterocycles. The van der Waals surface area contributed by atoms with Crippen LogP contribution >= 0.6 is 0 Å². The fourth-order valence-corrected chi connectivity index (χ4v) is 5.24. The molecule has 4 rings (SSSR count). The number of esters is 3. The quantitative estimate of drug-likeness (QED) is 0.109. The van der Waals surface area contributed by atoms with Gasteiger partial charge >= 0.3 is 17.9 Å². The Bertz CT molecular complexity index is 1540. The summed E-state index contributed by atoms with van der Waals surface area (Å²) in [5.74, 6) is -2.73. The van der Waals surface area contributed by atoms with Crippen molar-refractivity contribution < 1.29 is 48.1 Å². The van der Waals surface area contributed by atoms with E-state index in [-0.39, 0.29) is 6.61 Å². The molecule has 3 aromatic rings. The van der Waals surface area contributed by atoms with Gasteiger partial charge in [-0.2, -0.15) is 0 Å². The van der Waals surface area contributed by atoms with Crippen LogP contribution in [0, 0.1) is 0 Å². The number of aromatic nitrogens is 1. The van der Waals surface area contributed by atoms with Gasteiger partial charge in [-0.25, -0.2) is 10.3 Å². The predicted octanol–water partition coefficient (Wildman–Crippen LogP) is 2.76. The molecule has 13 heteroatoms. The third-order valence-electron chi connectivity index (χ3n) is 7.21. The average molecular weight is 638 g/mol. The van der Waals surface area contributed by atoms with E-state index >= 15 is 0 Å². The van der Waals surface area contributed by atoms with Gasteiger partial charge in [-0.15, -0.1) is 0 Å². The summed E-state index contributed by atoms with van der Waals surface area (Å²) in [7, 11) is 0. The first-order valence-corrected chi connectivity index (χ1v) is 14.8. The average Bonchev–Trinajstić information content (AvgIpc) is 3.41. The van der Waals surface area contributed by atoms with E-state index in [2.05, 4.69) is 21.4 Å². The molecule has 1 fully saturated rings. The lowest BCUT2D eigenvalue weighted by molar-refractivity contribution is -0.311. The summed E-state index contributed by atoms with van der Waals surface area (Å²) in [6.45, 7) is 6.86. The number of aliphatic hydroxyl groups is 1. The van der Waals surface area contributed by atoms with E-state index in [9.17, 15) is 24.3 Å². The molecule has 5 atom stereocenters. The summed E-state index contributed by atoms with van der Waals surface area (Å²) in [4.78, 5) is 58.8. The Morgan fingerprint density at radius 2 is 1.57 bits per heavy atom. The molecule has 1 amide bonds. The zero-order valence-corrected chi connectivity index (χ0v) is 26.1. The number of aliphatic hydroxyl groups excluding tert-OH is 1. The molecule has 246 valence electrons. The van der Waals surface area contributed by atoms with Crippen LogP contribution in [0.2, 0.25) is 0 Å². The van der Waals surface area contributed by atoms with E-state index in [1.807, 2.05) is 48.7 Å². The topological polar surface area (TPSA) is 166 Å². The zero-order valence-electron chi connectivity index (χ0n) is 26.1. The fourth-order valence-electron chi connectivity index (χ4n) is 5.24.